The van der Waals surface area contributed by atoms with E-state index in [1.54, 1.807) is 0 Å². The first-order chi connectivity index (χ1) is 18.5. The van der Waals surface area contributed by atoms with Crippen LogP contribution in [0.1, 0.15) is 55.8 Å². The topological polar surface area (TPSA) is 102 Å². The lowest BCUT2D eigenvalue weighted by Gasteiger charge is -2.44. The molecule has 3 saturated heterocycles. The number of nitrogens with one attached hydrogen (secondary N) is 2. The van der Waals surface area contributed by atoms with Crippen LogP contribution in [0.3, 0.4) is 0 Å². The van der Waals surface area contributed by atoms with Gasteiger partial charge in [0.25, 0.3) is 0 Å². The van der Waals surface area contributed by atoms with Crippen molar-refractivity contribution in [3.63, 3.8) is 0 Å². The molecule has 2 aromatic carbocycles. The van der Waals surface area contributed by atoms with Crippen molar-refractivity contribution < 1.29 is 28.8 Å². The SMILES string of the molecule is CCNC(=O)Nc1cccc([C@@H]2O[C@H](CN3CCC4(CC3)OCCO4)[C@H](C)[C@H](c3ccc(CO)cc3)O2)c1. The Hall–Kier alpha value is -2.53. The number of hydrogen-bond acceptors (Lipinski definition) is 7. The Morgan fingerprint density at radius 2 is 1.79 bits per heavy atom. The van der Waals surface area contributed by atoms with Gasteiger partial charge in [0.05, 0.1) is 32.0 Å². The second kappa shape index (κ2) is 12.1. The van der Waals surface area contributed by atoms with Crippen molar-refractivity contribution in [2.45, 2.75) is 57.6 Å². The maximum absolute atomic E-state index is 12.1. The second-order valence-corrected chi connectivity index (χ2v) is 10.3. The average molecular weight is 526 g/mol. The highest BCUT2D eigenvalue weighted by Gasteiger charge is 2.43. The highest BCUT2D eigenvalue weighted by molar-refractivity contribution is 5.89. The smallest absolute Gasteiger partial charge is 0.319 e. The van der Waals surface area contributed by atoms with Crippen molar-refractivity contribution in [1.29, 1.82) is 0 Å². The van der Waals surface area contributed by atoms with Crippen molar-refractivity contribution in [1.82, 2.24) is 10.2 Å². The lowest BCUT2D eigenvalue weighted by Crippen LogP contribution is -2.50. The largest absolute Gasteiger partial charge is 0.392 e. The van der Waals surface area contributed by atoms with Gasteiger partial charge in [-0.3, -0.25) is 0 Å². The third kappa shape index (κ3) is 6.20. The molecule has 3 fully saturated rings. The molecular formula is C29H39N3O6. The zero-order chi connectivity index (χ0) is 26.5. The van der Waals surface area contributed by atoms with Crippen LogP contribution in [0, 0.1) is 5.92 Å². The molecule has 4 atom stereocenters. The van der Waals surface area contributed by atoms with E-state index in [1.165, 1.54) is 0 Å². The molecule has 5 rings (SSSR count). The fraction of sp³-hybridized carbons (Fsp3) is 0.552. The summed E-state index contributed by atoms with van der Waals surface area (Å²) in [4.78, 5) is 14.5. The molecule has 3 heterocycles. The van der Waals surface area contributed by atoms with E-state index in [4.69, 9.17) is 18.9 Å². The van der Waals surface area contributed by atoms with E-state index in [-0.39, 0.29) is 30.8 Å². The van der Waals surface area contributed by atoms with Gasteiger partial charge in [-0.05, 0) is 30.2 Å². The Bertz CT molecular complexity index is 1060. The Kier molecular flexibility index (Phi) is 8.62. The highest BCUT2D eigenvalue weighted by atomic mass is 16.7. The number of carbonyl (C=O) groups is 1. The number of benzene rings is 2. The summed E-state index contributed by atoms with van der Waals surface area (Å²) in [6.45, 7) is 8.51. The van der Waals surface area contributed by atoms with E-state index in [0.29, 0.717) is 25.4 Å². The summed E-state index contributed by atoms with van der Waals surface area (Å²) in [5.74, 6) is -0.312. The van der Waals surface area contributed by atoms with E-state index in [2.05, 4.69) is 22.5 Å². The number of nitrogens with zero attached hydrogens (tertiary/aromatic N) is 1. The normalized spacial score (nSPS) is 27.3. The number of hydrogen-bond donors (Lipinski definition) is 3. The molecule has 206 valence electrons. The molecule has 0 aromatic heterocycles. The summed E-state index contributed by atoms with van der Waals surface area (Å²) >= 11 is 0. The number of aliphatic hydroxyl groups is 1. The zero-order valence-electron chi connectivity index (χ0n) is 22.2. The molecule has 0 saturated carbocycles. The standard InChI is InChI=1S/C29H39N3O6/c1-3-30-28(34)31-24-6-4-5-23(17-24)27-37-25(18-32-13-11-29(12-14-32)35-15-16-36-29)20(2)26(38-27)22-9-7-21(19-33)8-10-22/h4-10,17,20,25-27,33H,3,11-16,18-19H2,1-2H3,(H2,30,31,34)/t20-,25+,26+,27+/m0/s1. The first-order valence-electron chi connectivity index (χ1n) is 13.6. The van der Waals surface area contributed by atoms with Crippen molar-refractivity contribution in [2.75, 3.05) is 44.7 Å². The number of rotatable bonds is 7. The van der Waals surface area contributed by atoms with E-state index < -0.39 is 12.1 Å². The molecule has 1 spiro atoms. The molecule has 0 aliphatic carbocycles. The fourth-order valence-corrected chi connectivity index (χ4v) is 5.54. The summed E-state index contributed by atoms with van der Waals surface area (Å²) in [6.07, 6.45) is 0.855. The minimum absolute atomic E-state index is 0.00496. The van der Waals surface area contributed by atoms with E-state index in [1.807, 2.05) is 55.5 Å². The molecule has 9 heteroatoms. The summed E-state index contributed by atoms with van der Waals surface area (Å²) in [5.41, 5.74) is 3.44. The average Bonchev–Trinajstić information content (AvgIpc) is 3.39. The molecule has 2 aromatic rings. The lowest BCUT2D eigenvalue weighted by atomic mass is 9.89. The number of aliphatic hydroxyl groups excluding tert-OH is 1. The minimum atomic E-state index is -0.590. The molecule has 38 heavy (non-hydrogen) atoms. The molecule has 3 aliphatic heterocycles. The quantitative estimate of drug-likeness (QED) is 0.503. The maximum Gasteiger partial charge on any atom is 0.319 e. The Morgan fingerprint density at radius 3 is 2.47 bits per heavy atom. The number of likely N-dealkylation sites (tertiary alicyclic amines) is 1. The van der Waals surface area contributed by atoms with Gasteiger partial charge in [0, 0.05) is 56.2 Å². The van der Waals surface area contributed by atoms with Crippen molar-refractivity contribution in [3.05, 3.63) is 65.2 Å². The zero-order valence-corrected chi connectivity index (χ0v) is 22.2. The van der Waals surface area contributed by atoms with Crippen molar-refractivity contribution >= 4 is 11.7 Å². The number of ether oxygens (including phenoxy) is 4. The Morgan fingerprint density at radius 1 is 1.05 bits per heavy atom. The van der Waals surface area contributed by atoms with E-state index >= 15 is 0 Å². The number of urea groups is 1. The lowest BCUT2D eigenvalue weighted by molar-refractivity contribution is -0.278. The molecule has 0 unspecified atom stereocenters. The van der Waals surface area contributed by atoms with Gasteiger partial charge in [-0.25, -0.2) is 4.79 Å². The number of amides is 2. The summed E-state index contributed by atoms with van der Waals surface area (Å²) in [5, 5.41) is 15.1. The fourth-order valence-electron chi connectivity index (χ4n) is 5.54. The van der Waals surface area contributed by atoms with Crippen LogP contribution in [0.5, 0.6) is 0 Å². The number of anilines is 1. The van der Waals surface area contributed by atoms with Crippen LogP contribution < -0.4 is 10.6 Å². The number of piperidine rings is 1. The van der Waals surface area contributed by atoms with Gasteiger partial charge in [-0.1, -0.05) is 43.3 Å². The van der Waals surface area contributed by atoms with Crippen LogP contribution in [0.15, 0.2) is 48.5 Å². The predicted octanol–water partition coefficient (Wildman–Crippen LogP) is 3.95. The number of carbonyl (C=O) groups excluding carboxylic acids is 1. The molecular weight excluding hydrogens is 486 g/mol. The first-order valence-corrected chi connectivity index (χ1v) is 13.6. The Labute approximate surface area is 224 Å². The third-order valence-corrected chi connectivity index (χ3v) is 7.75. The van der Waals surface area contributed by atoms with Crippen LogP contribution in [0.25, 0.3) is 0 Å². The van der Waals surface area contributed by atoms with E-state index in [9.17, 15) is 9.90 Å². The van der Waals surface area contributed by atoms with Gasteiger partial charge in [0.1, 0.15) is 0 Å². The van der Waals surface area contributed by atoms with Crippen LogP contribution in [-0.2, 0) is 25.6 Å². The summed E-state index contributed by atoms with van der Waals surface area (Å²) in [6, 6.07) is 15.3. The van der Waals surface area contributed by atoms with Gasteiger partial charge >= 0.3 is 6.03 Å². The molecule has 0 bridgehead atoms. The Balaban J connectivity index is 1.34. The van der Waals surface area contributed by atoms with Gasteiger partial charge in [0.15, 0.2) is 12.1 Å². The van der Waals surface area contributed by atoms with Gasteiger partial charge < -0.3 is 39.6 Å². The second-order valence-electron chi connectivity index (χ2n) is 10.3. The molecule has 3 N–H and O–H groups in total. The maximum atomic E-state index is 12.1. The molecule has 2 amide bonds. The van der Waals surface area contributed by atoms with Crippen LogP contribution in [0.4, 0.5) is 10.5 Å². The first kappa shape index (κ1) is 27.1. The highest BCUT2D eigenvalue weighted by Crippen LogP contribution is 2.42. The van der Waals surface area contributed by atoms with Crippen LogP contribution in [0.2, 0.25) is 0 Å². The van der Waals surface area contributed by atoms with Gasteiger partial charge in [-0.2, -0.15) is 0 Å². The summed E-state index contributed by atoms with van der Waals surface area (Å²) in [7, 11) is 0. The van der Waals surface area contributed by atoms with Crippen LogP contribution in [-0.4, -0.2) is 67.3 Å². The third-order valence-electron chi connectivity index (χ3n) is 7.75. The van der Waals surface area contributed by atoms with Gasteiger partial charge in [-0.15, -0.1) is 0 Å². The van der Waals surface area contributed by atoms with Crippen LogP contribution >= 0.6 is 0 Å². The van der Waals surface area contributed by atoms with E-state index in [0.717, 1.165) is 49.2 Å². The minimum Gasteiger partial charge on any atom is -0.392 e. The monoisotopic (exact) mass is 525 g/mol. The van der Waals surface area contributed by atoms with Crippen molar-refractivity contribution in [3.8, 4) is 0 Å². The molecule has 3 aliphatic rings. The molecule has 0 radical (unpaired) electrons. The predicted molar refractivity (Wildman–Crippen MR) is 142 cm³/mol. The van der Waals surface area contributed by atoms with Crippen molar-refractivity contribution in [2.24, 2.45) is 5.92 Å². The summed E-state index contributed by atoms with van der Waals surface area (Å²) < 4.78 is 25.0. The van der Waals surface area contributed by atoms with Gasteiger partial charge in [0.2, 0.25) is 0 Å². The molecule has 9 nitrogen and oxygen atoms in total.